The van der Waals surface area contributed by atoms with E-state index < -0.39 is 5.69 Å². The standard InChI is InChI=1S/C10H7N3O2S.ClH/c1-4-2-3-5-6-7(16-9(5)11-4)8(14)13-10(15)12-6;/h2-3H,1H3,(H2,12,13,14,15);1H. The number of aromatic nitrogens is 3. The molecule has 0 saturated carbocycles. The first kappa shape index (κ1) is 11.8. The lowest BCUT2D eigenvalue weighted by Gasteiger charge is -1.91. The van der Waals surface area contributed by atoms with Crippen LogP contribution >= 0.6 is 23.7 Å². The van der Waals surface area contributed by atoms with Crippen LogP contribution in [-0.4, -0.2) is 15.0 Å². The van der Waals surface area contributed by atoms with Gasteiger partial charge in [0, 0.05) is 11.1 Å². The average molecular weight is 270 g/mol. The Hall–Kier alpha value is -1.66. The lowest BCUT2D eigenvalue weighted by molar-refractivity contribution is 1.09. The summed E-state index contributed by atoms with van der Waals surface area (Å²) in [6.07, 6.45) is 0. The Morgan fingerprint density at radius 2 is 2.00 bits per heavy atom. The molecule has 5 nitrogen and oxygen atoms in total. The van der Waals surface area contributed by atoms with Crippen LogP contribution in [0.2, 0.25) is 0 Å². The molecular weight excluding hydrogens is 262 g/mol. The molecule has 7 heteroatoms. The summed E-state index contributed by atoms with van der Waals surface area (Å²) in [5.41, 5.74) is 0.608. The van der Waals surface area contributed by atoms with Crippen LogP contribution < -0.4 is 11.2 Å². The molecule has 0 saturated heterocycles. The van der Waals surface area contributed by atoms with Gasteiger partial charge >= 0.3 is 5.69 Å². The van der Waals surface area contributed by atoms with Crippen LogP contribution in [0.5, 0.6) is 0 Å². The molecule has 0 bridgehead atoms. The Bertz CT molecular complexity index is 818. The summed E-state index contributed by atoms with van der Waals surface area (Å²) in [7, 11) is 0. The highest BCUT2D eigenvalue weighted by Gasteiger charge is 2.10. The Morgan fingerprint density at radius 1 is 1.24 bits per heavy atom. The zero-order valence-electron chi connectivity index (χ0n) is 8.73. The Labute approximate surface area is 105 Å². The van der Waals surface area contributed by atoms with Crippen molar-refractivity contribution in [2.45, 2.75) is 6.92 Å². The highest BCUT2D eigenvalue weighted by molar-refractivity contribution is 7.25. The van der Waals surface area contributed by atoms with Crippen LogP contribution in [0.1, 0.15) is 5.69 Å². The molecule has 0 unspecified atom stereocenters. The number of thiophene rings is 1. The monoisotopic (exact) mass is 269 g/mol. The van der Waals surface area contributed by atoms with E-state index >= 15 is 0 Å². The van der Waals surface area contributed by atoms with Gasteiger partial charge < -0.3 is 4.98 Å². The van der Waals surface area contributed by atoms with Gasteiger partial charge in [0.05, 0.1) is 5.52 Å². The predicted molar refractivity (Wildman–Crippen MR) is 70.4 cm³/mol. The number of aromatic amines is 2. The third-order valence-electron chi connectivity index (χ3n) is 2.37. The highest BCUT2D eigenvalue weighted by atomic mass is 35.5. The van der Waals surface area contributed by atoms with E-state index in [0.717, 1.165) is 15.9 Å². The smallest absolute Gasteiger partial charge is 0.305 e. The summed E-state index contributed by atoms with van der Waals surface area (Å²) in [4.78, 5) is 32.7. The van der Waals surface area contributed by atoms with Gasteiger partial charge in [0.25, 0.3) is 5.56 Å². The summed E-state index contributed by atoms with van der Waals surface area (Å²) in [6.45, 7) is 1.89. The van der Waals surface area contributed by atoms with Crippen molar-refractivity contribution < 1.29 is 0 Å². The van der Waals surface area contributed by atoms with Gasteiger partial charge in [0.2, 0.25) is 0 Å². The number of H-pyrrole nitrogens is 2. The van der Waals surface area contributed by atoms with Crippen molar-refractivity contribution in [3.63, 3.8) is 0 Å². The summed E-state index contributed by atoms with van der Waals surface area (Å²) in [6, 6.07) is 3.72. The van der Waals surface area contributed by atoms with Gasteiger partial charge in [0.1, 0.15) is 9.53 Å². The molecule has 88 valence electrons. The number of rotatable bonds is 0. The van der Waals surface area contributed by atoms with Gasteiger partial charge in [-0.15, -0.1) is 23.7 Å². The molecule has 3 rings (SSSR count). The van der Waals surface area contributed by atoms with E-state index in [2.05, 4.69) is 15.0 Å². The summed E-state index contributed by atoms with van der Waals surface area (Å²) < 4.78 is 0.507. The molecule has 3 heterocycles. The SMILES string of the molecule is Cc1ccc2c(n1)sc1c(=O)[nH]c(=O)[nH]c12.Cl. The first-order valence-corrected chi connectivity index (χ1v) is 5.49. The first-order valence-electron chi connectivity index (χ1n) is 4.67. The molecular formula is C10H8ClN3O2S. The minimum Gasteiger partial charge on any atom is -0.305 e. The van der Waals surface area contributed by atoms with E-state index in [1.165, 1.54) is 11.3 Å². The van der Waals surface area contributed by atoms with Crippen molar-refractivity contribution in [1.82, 2.24) is 15.0 Å². The zero-order valence-corrected chi connectivity index (χ0v) is 10.4. The van der Waals surface area contributed by atoms with Crippen molar-refractivity contribution in [2.24, 2.45) is 0 Å². The number of pyridine rings is 1. The maximum absolute atomic E-state index is 11.6. The molecule has 0 atom stereocenters. The fourth-order valence-electron chi connectivity index (χ4n) is 1.66. The second kappa shape index (κ2) is 3.97. The summed E-state index contributed by atoms with van der Waals surface area (Å²) in [5.74, 6) is 0. The largest absolute Gasteiger partial charge is 0.326 e. The molecule has 0 fully saturated rings. The quantitative estimate of drug-likeness (QED) is 0.650. The number of fused-ring (bicyclic) bond motifs is 3. The molecule has 0 amide bonds. The molecule has 0 aliphatic carbocycles. The maximum atomic E-state index is 11.6. The maximum Gasteiger partial charge on any atom is 0.326 e. The molecule has 3 aromatic rings. The Kier molecular flexibility index (Phi) is 2.76. The van der Waals surface area contributed by atoms with Gasteiger partial charge in [-0.2, -0.15) is 0 Å². The second-order valence-electron chi connectivity index (χ2n) is 3.52. The van der Waals surface area contributed by atoms with E-state index in [-0.39, 0.29) is 18.0 Å². The zero-order chi connectivity index (χ0) is 11.3. The van der Waals surface area contributed by atoms with Crippen molar-refractivity contribution in [1.29, 1.82) is 0 Å². The van der Waals surface area contributed by atoms with Crippen LogP contribution in [0.3, 0.4) is 0 Å². The number of halogens is 1. The average Bonchev–Trinajstić information content (AvgIpc) is 2.56. The van der Waals surface area contributed by atoms with Crippen molar-refractivity contribution >= 4 is 44.2 Å². The third-order valence-corrected chi connectivity index (χ3v) is 3.46. The number of nitrogens with one attached hydrogen (secondary N) is 2. The second-order valence-corrected chi connectivity index (χ2v) is 4.52. The van der Waals surface area contributed by atoms with E-state index in [1.807, 2.05) is 19.1 Å². The molecule has 17 heavy (non-hydrogen) atoms. The molecule has 3 aromatic heterocycles. The topological polar surface area (TPSA) is 78.6 Å². The van der Waals surface area contributed by atoms with Crippen molar-refractivity contribution in [3.8, 4) is 0 Å². The molecule has 2 N–H and O–H groups in total. The first-order chi connectivity index (χ1) is 7.65. The van der Waals surface area contributed by atoms with Gasteiger partial charge in [0.15, 0.2) is 0 Å². The number of aryl methyl sites for hydroxylation is 1. The van der Waals surface area contributed by atoms with E-state index in [9.17, 15) is 9.59 Å². The minimum absolute atomic E-state index is 0. The van der Waals surface area contributed by atoms with E-state index in [4.69, 9.17) is 0 Å². The Balaban J connectivity index is 0.00000108. The highest BCUT2D eigenvalue weighted by Crippen LogP contribution is 2.27. The summed E-state index contributed by atoms with van der Waals surface area (Å²) >= 11 is 1.29. The van der Waals surface area contributed by atoms with Gasteiger partial charge in [-0.25, -0.2) is 9.78 Å². The molecule has 0 aliphatic rings. The molecule has 0 radical (unpaired) electrons. The van der Waals surface area contributed by atoms with Crippen molar-refractivity contribution in [3.05, 3.63) is 38.7 Å². The van der Waals surface area contributed by atoms with Gasteiger partial charge in [-0.3, -0.25) is 9.78 Å². The van der Waals surface area contributed by atoms with Crippen LogP contribution in [0.15, 0.2) is 21.7 Å². The lowest BCUT2D eigenvalue weighted by atomic mass is 10.3. The van der Waals surface area contributed by atoms with Gasteiger partial charge in [-0.1, -0.05) is 0 Å². The molecule has 0 spiro atoms. The normalized spacial score (nSPS) is 10.6. The van der Waals surface area contributed by atoms with Crippen LogP contribution in [-0.2, 0) is 0 Å². The molecule has 0 aromatic carbocycles. The van der Waals surface area contributed by atoms with Crippen molar-refractivity contribution in [2.75, 3.05) is 0 Å². The predicted octanol–water partition coefficient (Wildman–Crippen LogP) is 1.56. The van der Waals surface area contributed by atoms with Crippen LogP contribution in [0, 0.1) is 6.92 Å². The Morgan fingerprint density at radius 3 is 2.76 bits per heavy atom. The van der Waals surface area contributed by atoms with Gasteiger partial charge in [-0.05, 0) is 19.1 Å². The number of nitrogens with zero attached hydrogens (tertiary/aromatic N) is 1. The van der Waals surface area contributed by atoms with E-state index in [0.29, 0.717) is 10.2 Å². The number of hydrogen-bond donors (Lipinski definition) is 2. The fraction of sp³-hybridized carbons (Fsp3) is 0.100. The fourth-order valence-corrected chi connectivity index (χ4v) is 2.73. The number of hydrogen-bond acceptors (Lipinski definition) is 4. The summed E-state index contributed by atoms with van der Waals surface area (Å²) in [5, 5.41) is 0.814. The van der Waals surface area contributed by atoms with Crippen LogP contribution in [0.25, 0.3) is 20.4 Å². The lowest BCUT2D eigenvalue weighted by Crippen LogP contribution is -2.20. The van der Waals surface area contributed by atoms with Crippen LogP contribution in [0.4, 0.5) is 0 Å². The van der Waals surface area contributed by atoms with E-state index in [1.54, 1.807) is 0 Å². The third kappa shape index (κ3) is 1.75. The minimum atomic E-state index is -0.488. The molecule has 0 aliphatic heterocycles.